The number of benzene rings is 1. The molecule has 1 aliphatic heterocycles. The lowest BCUT2D eigenvalue weighted by atomic mass is 10.2. The molecule has 1 fully saturated rings. The van der Waals surface area contributed by atoms with Gasteiger partial charge in [-0.15, -0.1) is 10.5 Å². The Kier molecular flexibility index (Phi) is 6.00. The second-order valence-corrected chi connectivity index (χ2v) is 8.32. The third-order valence-electron chi connectivity index (χ3n) is 3.90. The number of furan rings is 1. The Morgan fingerprint density at radius 1 is 1.31 bits per heavy atom. The first kappa shape index (κ1) is 18.5. The first-order chi connectivity index (χ1) is 12.5. The lowest BCUT2D eigenvalue weighted by Crippen LogP contribution is -2.32. The molecule has 2 aromatic rings. The van der Waals surface area contributed by atoms with E-state index in [0.717, 1.165) is 17.1 Å². The van der Waals surface area contributed by atoms with Crippen molar-refractivity contribution in [1.82, 2.24) is 10.2 Å². The number of carbonyl (C=O) groups excluding carboxylic acids is 2. The summed E-state index contributed by atoms with van der Waals surface area (Å²) in [6, 6.07) is 13.7. The molecule has 0 radical (unpaired) electrons. The molecular weight excluding hydrogens is 368 g/mol. The van der Waals surface area contributed by atoms with Gasteiger partial charge >= 0.3 is 0 Å². The highest BCUT2D eigenvalue weighted by atomic mass is 32.2. The molecule has 0 spiro atoms. The zero-order chi connectivity index (χ0) is 18.5. The quantitative estimate of drug-likeness (QED) is 0.610. The minimum absolute atomic E-state index is 0.0345. The third-order valence-corrected chi connectivity index (χ3v) is 6.51. The van der Waals surface area contributed by atoms with E-state index in [1.54, 1.807) is 4.90 Å². The summed E-state index contributed by atoms with van der Waals surface area (Å²) in [5, 5.41) is 4.67. The molecule has 7 heteroatoms. The molecule has 1 saturated heterocycles. The first-order valence-corrected chi connectivity index (χ1v) is 10.2. The zero-order valence-electron chi connectivity index (χ0n) is 14.4. The predicted octanol–water partition coefficient (Wildman–Crippen LogP) is 3.02. The Morgan fingerprint density at radius 3 is 2.81 bits per heavy atom. The molecule has 3 rings (SSSR count). The summed E-state index contributed by atoms with van der Waals surface area (Å²) in [6.45, 7) is 2.55. The topological polar surface area (TPSA) is 62.6 Å². The average Bonchev–Trinajstić information content (AvgIpc) is 3.19. The first-order valence-electron chi connectivity index (χ1n) is 8.33. The van der Waals surface area contributed by atoms with Crippen LogP contribution in [0.3, 0.4) is 0 Å². The highest BCUT2D eigenvalue weighted by Gasteiger charge is 2.29. The van der Waals surface area contributed by atoms with Gasteiger partial charge < -0.3 is 9.73 Å². The van der Waals surface area contributed by atoms with Gasteiger partial charge in [0.1, 0.15) is 15.8 Å². The fourth-order valence-corrected chi connectivity index (χ4v) is 4.77. The van der Waals surface area contributed by atoms with Gasteiger partial charge in [0.2, 0.25) is 11.8 Å². The van der Waals surface area contributed by atoms with Crippen LogP contribution in [0.25, 0.3) is 11.3 Å². The summed E-state index contributed by atoms with van der Waals surface area (Å²) < 4.78 is 6.54. The van der Waals surface area contributed by atoms with E-state index in [4.69, 9.17) is 16.6 Å². The molecule has 0 saturated carbocycles. The van der Waals surface area contributed by atoms with Gasteiger partial charge in [0, 0.05) is 30.9 Å². The Hall–Kier alpha value is -2.25. The van der Waals surface area contributed by atoms with Gasteiger partial charge in [0.05, 0.1) is 5.75 Å². The van der Waals surface area contributed by atoms with Crippen molar-refractivity contribution in [2.45, 2.75) is 13.3 Å². The molecule has 136 valence electrons. The van der Waals surface area contributed by atoms with E-state index in [2.05, 4.69) is 5.32 Å². The number of hydrogen-bond acceptors (Lipinski definition) is 4. The number of nitrogens with one attached hydrogen (secondary N) is 1. The lowest BCUT2D eigenvalue weighted by molar-refractivity contribution is -0.124. The van der Waals surface area contributed by atoms with Gasteiger partial charge in [0.15, 0.2) is 0 Å². The van der Waals surface area contributed by atoms with Crippen LogP contribution in [0.1, 0.15) is 19.1 Å². The summed E-state index contributed by atoms with van der Waals surface area (Å²) in [6.07, 6.45) is 0.682. The molecule has 1 aromatic carbocycles. The van der Waals surface area contributed by atoms with E-state index in [1.807, 2.05) is 47.8 Å². The molecule has 1 atom stereocenters. The molecule has 1 aromatic heterocycles. The minimum atomic E-state index is -0.439. The maximum Gasteiger partial charge on any atom is 0.237 e. The van der Waals surface area contributed by atoms with Crippen LogP contribution < -0.4 is 5.32 Å². The zero-order valence-corrected chi connectivity index (χ0v) is 16.1. The second-order valence-electron chi connectivity index (χ2n) is 5.91. The van der Waals surface area contributed by atoms with Gasteiger partial charge in [-0.3, -0.25) is 14.5 Å². The Bertz CT molecular complexity index is 859. The van der Waals surface area contributed by atoms with E-state index in [1.165, 1.54) is 6.92 Å². The molecule has 2 amide bonds. The van der Waals surface area contributed by atoms with Crippen LogP contribution >= 0.6 is 22.7 Å². The van der Waals surface area contributed by atoms with Crippen molar-refractivity contribution in [3.8, 4) is 11.3 Å². The van der Waals surface area contributed by atoms with Gasteiger partial charge in [-0.05, 0) is 18.6 Å². The van der Waals surface area contributed by atoms with Crippen LogP contribution in [0.4, 0.5) is 0 Å². The minimum Gasteiger partial charge on any atom is -0.456 e. The normalized spacial score (nSPS) is 17.1. The maximum atomic E-state index is 12.2. The molecule has 5 nitrogen and oxygen atoms in total. The SMILES string of the molecule is CC(=O)NCCCN1C(=O)C/S(=C\c2ccc(-c3ccccc3)o2)C1=S. The molecule has 26 heavy (non-hydrogen) atoms. The summed E-state index contributed by atoms with van der Waals surface area (Å²) in [7, 11) is -0.439. The number of amides is 2. The van der Waals surface area contributed by atoms with E-state index in [0.29, 0.717) is 29.6 Å². The average molecular weight is 389 g/mol. The molecule has 0 aliphatic carbocycles. The third kappa shape index (κ3) is 4.47. The van der Waals surface area contributed by atoms with E-state index >= 15 is 0 Å². The van der Waals surface area contributed by atoms with Crippen LogP contribution in [0, 0.1) is 0 Å². The van der Waals surface area contributed by atoms with Crippen LogP contribution in [0.15, 0.2) is 46.9 Å². The Morgan fingerprint density at radius 2 is 2.08 bits per heavy atom. The van der Waals surface area contributed by atoms with Crippen molar-refractivity contribution < 1.29 is 14.0 Å². The van der Waals surface area contributed by atoms with Crippen LogP contribution in [-0.4, -0.2) is 45.2 Å². The van der Waals surface area contributed by atoms with Crippen molar-refractivity contribution in [3.63, 3.8) is 0 Å². The summed E-state index contributed by atoms with van der Waals surface area (Å²) >= 11 is 5.50. The second kappa shape index (κ2) is 8.42. The van der Waals surface area contributed by atoms with Crippen molar-refractivity contribution in [1.29, 1.82) is 0 Å². The van der Waals surface area contributed by atoms with Crippen molar-refractivity contribution >= 4 is 44.2 Å². The molecule has 1 N–H and O–H groups in total. The lowest BCUT2D eigenvalue weighted by Gasteiger charge is -2.15. The highest BCUT2D eigenvalue weighted by Crippen LogP contribution is 2.29. The maximum absolute atomic E-state index is 12.2. The fraction of sp³-hybridized carbons (Fsp3) is 0.263. The summed E-state index contributed by atoms with van der Waals surface area (Å²) in [5.41, 5.74) is 1.01. The number of nitrogens with zero attached hydrogens (tertiary/aromatic N) is 1. The van der Waals surface area contributed by atoms with Crippen molar-refractivity contribution in [3.05, 3.63) is 48.2 Å². The predicted molar refractivity (Wildman–Crippen MR) is 109 cm³/mol. The Labute approximate surface area is 160 Å². The van der Waals surface area contributed by atoms with Crippen LogP contribution in [-0.2, 0) is 9.59 Å². The fourth-order valence-electron chi connectivity index (χ4n) is 2.64. The van der Waals surface area contributed by atoms with E-state index in [9.17, 15) is 9.59 Å². The Balaban J connectivity index is 1.66. The van der Waals surface area contributed by atoms with E-state index < -0.39 is 10.5 Å². The monoisotopic (exact) mass is 388 g/mol. The molecular formula is C19H20N2O3S2. The molecule has 2 heterocycles. The molecule has 0 bridgehead atoms. The van der Waals surface area contributed by atoms with Gasteiger partial charge in [0.25, 0.3) is 0 Å². The van der Waals surface area contributed by atoms with Crippen molar-refractivity contribution in [2.75, 3.05) is 18.8 Å². The molecule has 1 unspecified atom stereocenters. The highest BCUT2D eigenvalue weighted by molar-refractivity contribution is 8.35. The van der Waals surface area contributed by atoms with Gasteiger partial charge in [-0.2, -0.15) is 0 Å². The van der Waals surface area contributed by atoms with Gasteiger partial charge in [-0.25, -0.2) is 0 Å². The van der Waals surface area contributed by atoms with Crippen molar-refractivity contribution in [2.24, 2.45) is 0 Å². The number of hydrogen-bond donors (Lipinski definition) is 1. The van der Waals surface area contributed by atoms with E-state index in [-0.39, 0.29) is 11.8 Å². The standard InChI is InChI=1S/C19H20N2O3S2/c1-14(22)20-10-5-11-21-18(23)13-26(19(21)25)12-16-8-9-17(24-16)15-6-3-2-4-7-15/h2-4,6-9,12H,5,10-11,13H2,1H3,(H,20,22). The smallest absolute Gasteiger partial charge is 0.237 e. The summed E-state index contributed by atoms with van der Waals surface area (Å²) in [4.78, 5) is 24.8. The largest absolute Gasteiger partial charge is 0.456 e. The molecule has 1 aliphatic rings. The van der Waals surface area contributed by atoms with Crippen LogP contribution in [0.5, 0.6) is 0 Å². The van der Waals surface area contributed by atoms with Crippen LogP contribution in [0.2, 0.25) is 0 Å². The number of rotatable bonds is 6. The number of carbonyl (C=O) groups is 2. The number of thiocarbonyl (C=S) groups is 1. The van der Waals surface area contributed by atoms with Gasteiger partial charge in [-0.1, -0.05) is 42.5 Å². The summed E-state index contributed by atoms with van der Waals surface area (Å²) in [5.74, 6) is 1.87.